The van der Waals surface area contributed by atoms with Gasteiger partial charge in [0.15, 0.2) is 0 Å². The Morgan fingerprint density at radius 3 is 2.35 bits per heavy atom. The van der Waals surface area contributed by atoms with Gasteiger partial charge in [-0.3, -0.25) is 4.79 Å². The van der Waals surface area contributed by atoms with E-state index >= 15 is 0 Å². The summed E-state index contributed by atoms with van der Waals surface area (Å²) in [6.07, 6.45) is 0. The molecule has 0 aliphatic carbocycles. The summed E-state index contributed by atoms with van der Waals surface area (Å²) < 4.78 is 0.958. The van der Waals surface area contributed by atoms with Crippen molar-refractivity contribution in [2.45, 2.75) is 6.92 Å². The molecule has 0 aliphatic heterocycles. The lowest BCUT2D eigenvalue weighted by atomic mass is 10.1. The Bertz CT molecular complexity index is 621. The van der Waals surface area contributed by atoms with E-state index in [1.54, 1.807) is 12.1 Å². The monoisotopic (exact) mass is 332 g/mol. The minimum atomic E-state index is -0.106. The molecule has 20 heavy (non-hydrogen) atoms. The number of rotatable bonds is 3. The molecule has 0 fully saturated rings. The summed E-state index contributed by atoms with van der Waals surface area (Å²) in [6, 6.07) is 13.2. The van der Waals surface area contributed by atoms with Gasteiger partial charge in [-0.25, -0.2) is 0 Å². The molecule has 0 spiro atoms. The molecule has 0 aliphatic rings. The fourth-order valence-corrected chi connectivity index (χ4v) is 2.24. The van der Waals surface area contributed by atoms with E-state index in [4.69, 9.17) is 0 Å². The van der Waals surface area contributed by atoms with Crippen molar-refractivity contribution in [1.82, 2.24) is 0 Å². The van der Waals surface area contributed by atoms with Crippen molar-refractivity contribution in [3.05, 3.63) is 58.1 Å². The quantitative estimate of drug-likeness (QED) is 0.918. The zero-order valence-corrected chi connectivity index (χ0v) is 13.4. The summed E-state index contributed by atoms with van der Waals surface area (Å²) in [5, 5.41) is 2.92. The van der Waals surface area contributed by atoms with Crippen molar-refractivity contribution in [3.8, 4) is 0 Å². The second-order valence-corrected chi connectivity index (χ2v) is 5.77. The molecule has 2 aromatic rings. The molecule has 1 N–H and O–H groups in total. The van der Waals surface area contributed by atoms with Crippen molar-refractivity contribution >= 4 is 33.2 Å². The van der Waals surface area contributed by atoms with Crippen molar-refractivity contribution < 1.29 is 4.79 Å². The Kier molecular flexibility index (Phi) is 4.45. The van der Waals surface area contributed by atoms with Crippen molar-refractivity contribution in [2.75, 3.05) is 24.3 Å². The molecule has 2 rings (SSSR count). The standard InChI is InChI=1S/C16H17BrN2O/c1-11-4-9-14(10-15(11)19(2)3)18-16(20)12-5-7-13(17)8-6-12/h4-10H,1-3H3,(H,18,20). The maximum absolute atomic E-state index is 12.2. The summed E-state index contributed by atoms with van der Waals surface area (Å²) in [4.78, 5) is 14.2. The van der Waals surface area contributed by atoms with Gasteiger partial charge in [0.1, 0.15) is 0 Å². The molecule has 0 heterocycles. The number of benzene rings is 2. The van der Waals surface area contributed by atoms with Crippen molar-refractivity contribution in [1.29, 1.82) is 0 Å². The third kappa shape index (κ3) is 3.39. The predicted molar refractivity (Wildman–Crippen MR) is 87.6 cm³/mol. The van der Waals surface area contributed by atoms with Crippen LogP contribution in [0.4, 0.5) is 11.4 Å². The van der Waals surface area contributed by atoms with Crippen LogP contribution in [0.3, 0.4) is 0 Å². The van der Waals surface area contributed by atoms with Gasteiger partial charge in [-0.15, -0.1) is 0 Å². The van der Waals surface area contributed by atoms with Gasteiger partial charge in [-0.2, -0.15) is 0 Å². The molecule has 0 radical (unpaired) electrons. The number of amides is 1. The van der Waals surface area contributed by atoms with Gasteiger partial charge >= 0.3 is 0 Å². The van der Waals surface area contributed by atoms with Crippen LogP contribution in [0.25, 0.3) is 0 Å². The average Bonchev–Trinajstić information content (AvgIpc) is 2.41. The van der Waals surface area contributed by atoms with Crippen LogP contribution in [0, 0.1) is 6.92 Å². The Morgan fingerprint density at radius 2 is 1.75 bits per heavy atom. The normalized spacial score (nSPS) is 10.2. The highest BCUT2D eigenvalue weighted by Gasteiger charge is 2.08. The van der Waals surface area contributed by atoms with Crippen LogP contribution in [0.5, 0.6) is 0 Å². The first-order chi connectivity index (χ1) is 9.47. The summed E-state index contributed by atoms with van der Waals surface area (Å²) in [6.45, 7) is 2.05. The van der Waals surface area contributed by atoms with Gasteiger partial charge in [-0.1, -0.05) is 22.0 Å². The number of nitrogens with one attached hydrogen (secondary N) is 1. The largest absolute Gasteiger partial charge is 0.377 e. The first-order valence-electron chi connectivity index (χ1n) is 6.32. The Hall–Kier alpha value is -1.81. The van der Waals surface area contributed by atoms with Crippen molar-refractivity contribution in [3.63, 3.8) is 0 Å². The molecule has 0 bridgehead atoms. The number of halogens is 1. The van der Waals surface area contributed by atoms with Crippen LogP contribution in [0.15, 0.2) is 46.9 Å². The molecule has 104 valence electrons. The first-order valence-corrected chi connectivity index (χ1v) is 7.11. The summed E-state index contributed by atoms with van der Waals surface area (Å²) in [5.41, 5.74) is 3.71. The molecular weight excluding hydrogens is 316 g/mol. The van der Waals surface area contributed by atoms with E-state index in [0.717, 1.165) is 15.8 Å². The molecule has 0 saturated heterocycles. The fraction of sp³-hybridized carbons (Fsp3) is 0.188. The number of aryl methyl sites for hydroxylation is 1. The van der Waals surface area contributed by atoms with E-state index in [0.29, 0.717) is 5.56 Å². The molecule has 1 amide bonds. The lowest BCUT2D eigenvalue weighted by molar-refractivity contribution is 0.102. The Labute approximate surface area is 127 Å². The summed E-state index contributed by atoms with van der Waals surface area (Å²) in [7, 11) is 3.98. The van der Waals surface area contributed by atoms with E-state index in [1.165, 1.54) is 5.56 Å². The molecule has 3 nitrogen and oxygen atoms in total. The van der Waals surface area contributed by atoms with Crippen LogP contribution < -0.4 is 10.2 Å². The van der Waals surface area contributed by atoms with Crippen LogP contribution >= 0.6 is 15.9 Å². The van der Waals surface area contributed by atoms with Gasteiger partial charge in [0.25, 0.3) is 5.91 Å². The highest BCUT2D eigenvalue weighted by atomic mass is 79.9. The number of hydrogen-bond acceptors (Lipinski definition) is 2. The molecular formula is C16H17BrN2O. The number of hydrogen-bond donors (Lipinski definition) is 1. The van der Waals surface area contributed by atoms with Gasteiger partial charge in [0.2, 0.25) is 0 Å². The Balaban J connectivity index is 2.19. The molecule has 0 saturated carbocycles. The second-order valence-electron chi connectivity index (χ2n) is 4.86. The number of nitrogens with zero attached hydrogens (tertiary/aromatic N) is 1. The van der Waals surface area contributed by atoms with E-state index in [2.05, 4.69) is 28.2 Å². The summed E-state index contributed by atoms with van der Waals surface area (Å²) >= 11 is 3.36. The van der Waals surface area contributed by atoms with E-state index in [-0.39, 0.29) is 5.91 Å². The highest BCUT2D eigenvalue weighted by molar-refractivity contribution is 9.10. The SMILES string of the molecule is Cc1ccc(NC(=O)c2ccc(Br)cc2)cc1N(C)C. The minimum Gasteiger partial charge on any atom is -0.377 e. The van der Waals surface area contributed by atoms with Crippen LogP contribution in [0.1, 0.15) is 15.9 Å². The predicted octanol–water partition coefficient (Wildman–Crippen LogP) is 4.08. The molecule has 0 atom stereocenters. The molecule has 2 aromatic carbocycles. The van der Waals surface area contributed by atoms with E-state index in [9.17, 15) is 4.79 Å². The molecule has 0 unspecified atom stereocenters. The maximum Gasteiger partial charge on any atom is 0.255 e. The second kappa shape index (κ2) is 6.09. The topological polar surface area (TPSA) is 32.3 Å². The van der Waals surface area contributed by atoms with Gasteiger partial charge in [0.05, 0.1) is 0 Å². The fourth-order valence-electron chi connectivity index (χ4n) is 1.97. The summed E-state index contributed by atoms with van der Waals surface area (Å²) in [5.74, 6) is -0.106. The highest BCUT2D eigenvalue weighted by Crippen LogP contribution is 2.23. The third-order valence-corrected chi connectivity index (χ3v) is 3.58. The average molecular weight is 333 g/mol. The van der Waals surface area contributed by atoms with Crippen LogP contribution in [-0.2, 0) is 0 Å². The lowest BCUT2D eigenvalue weighted by Gasteiger charge is -2.17. The molecule has 4 heteroatoms. The van der Waals surface area contributed by atoms with Crippen molar-refractivity contribution in [2.24, 2.45) is 0 Å². The first kappa shape index (κ1) is 14.6. The maximum atomic E-state index is 12.2. The van der Waals surface area contributed by atoms with Gasteiger partial charge in [-0.05, 0) is 48.9 Å². The number of anilines is 2. The smallest absolute Gasteiger partial charge is 0.255 e. The van der Waals surface area contributed by atoms with E-state index in [1.807, 2.05) is 49.3 Å². The van der Waals surface area contributed by atoms with Gasteiger partial charge < -0.3 is 10.2 Å². The number of carbonyl (C=O) groups is 1. The number of carbonyl (C=O) groups excluding carboxylic acids is 1. The van der Waals surface area contributed by atoms with Crippen LogP contribution in [-0.4, -0.2) is 20.0 Å². The lowest BCUT2D eigenvalue weighted by Crippen LogP contribution is -2.14. The van der Waals surface area contributed by atoms with E-state index < -0.39 is 0 Å². The minimum absolute atomic E-state index is 0.106. The Morgan fingerprint density at radius 1 is 1.10 bits per heavy atom. The van der Waals surface area contributed by atoms with Gasteiger partial charge in [0, 0.05) is 35.5 Å². The third-order valence-electron chi connectivity index (χ3n) is 3.06. The molecule has 0 aromatic heterocycles. The zero-order chi connectivity index (χ0) is 14.7. The van der Waals surface area contributed by atoms with Crippen LogP contribution in [0.2, 0.25) is 0 Å². The zero-order valence-electron chi connectivity index (χ0n) is 11.8.